The molecule has 1 aromatic carbocycles. The highest BCUT2D eigenvalue weighted by Gasteiger charge is 2.17. The van der Waals surface area contributed by atoms with Crippen LogP contribution in [0.3, 0.4) is 0 Å². The molecule has 1 rings (SSSR count). The Hall–Kier alpha value is -2.61. The predicted octanol–water partition coefficient (Wildman–Crippen LogP) is 0.495. The van der Waals surface area contributed by atoms with Gasteiger partial charge in [0.1, 0.15) is 5.75 Å². The molecule has 22 heavy (non-hydrogen) atoms. The minimum Gasteiger partial charge on any atom is -0.492 e. The molecule has 1 amide bonds. The molecule has 0 spiro atoms. The van der Waals surface area contributed by atoms with Crippen LogP contribution in [0.1, 0.15) is 6.92 Å². The van der Waals surface area contributed by atoms with Gasteiger partial charge in [-0.05, 0) is 19.1 Å². The van der Waals surface area contributed by atoms with Gasteiger partial charge in [0.05, 0.1) is 31.9 Å². The first-order valence-electron chi connectivity index (χ1n) is 6.60. The number of nitrogens with one attached hydrogen (secondary N) is 1. The van der Waals surface area contributed by atoms with Gasteiger partial charge in [0.25, 0.3) is 0 Å². The second kappa shape index (κ2) is 8.63. The molecule has 0 bridgehead atoms. The molecule has 0 saturated carbocycles. The minimum absolute atomic E-state index is 0.348. The van der Waals surface area contributed by atoms with E-state index in [9.17, 15) is 14.4 Å². The van der Waals surface area contributed by atoms with Crippen LogP contribution in [-0.2, 0) is 14.4 Å². The Labute approximate surface area is 127 Å². The molecular formula is C14H18N2O6. The fourth-order valence-corrected chi connectivity index (χ4v) is 1.79. The number of para-hydroxylation sites is 2. The number of hydrogen-bond acceptors (Lipinski definition) is 5. The normalized spacial score (nSPS) is 10.3. The van der Waals surface area contributed by atoms with Gasteiger partial charge in [-0.25, -0.2) is 0 Å². The third kappa shape index (κ3) is 6.23. The minimum atomic E-state index is -1.20. The molecule has 0 aromatic heterocycles. The maximum absolute atomic E-state index is 11.9. The van der Waals surface area contributed by atoms with E-state index in [2.05, 4.69) is 5.32 Å². The second-order valence-corrected chi connectivity index (χ2v) is 4.41. The molecule has 0 aliphatic rings. The number of rotatable bonds is 9. The Morgan fingerprint density at radius 1 is 1.09 bits per heavy atom. The van der Waals surface area contributed by atoms with Crippen molar-refractivity contribution in [3.05, 3.63) is 24.3 Å². The van der Waals surface area contributed by atoms with Gasteiger partial charge >= 0.3 is 11.9 Å². The highest BCUT2D eigenvalue weighted by molar-refractivity contribution is 5.94. The summed E-state index contributed by atoms with van der Waals surface area (Å²) in [5.74, 6) is -2.44. The lowest BCUT2D eigenvalue weighted by molar-refractivity contribution is -0.142. The summed E-state index contributed by atoms with van der Waals surface area (Å²) < 4.78 is 5.36. The summed E-state index contributed by atoms with van der Waals surface area (Å²) in [6, 6.07) is 6.79. The van der Waals surface area contributed by atoms with Crippen LogP contribution < -0.4 is 10.1 Å². The van der Waals surface area contributed by atoms with Crippen molar-refractivity contribution in [1.29, 1.82) is 0 Å². The molecule has 0 saturated heterocycles. The molecule has 0 atom stereocenters. The average molecular weight is 310 g/mol. The van der Waals surface area contributed by atoms with E-state index in [1.54, 1.807) is 31.2 Å². The van der Waals surface area contributed by atoms with Gasteiger partial charge in [0, 0.05) is 0 Å². The third-order valence-corrected chi connectivity index (χ3v) is 2.55. The molecule has 0 aliphatic carbocycles. The van der Waals surface area contributed by atoms with E-state index in [0.717, 1.165) is 4.90 Å². The summed E-state index contributed by atoms with van der Waals surface area (Å²) >= 11 is 0. The van der Waals surface area contributed by atoms with E-state index in [1.807, 2.05) is 0 Å². The fourth-order valence-electron chi connectivity index (χ4n) is 1.79. The smallest absolute Gasteiger partial charge is 0.317 e. The topological polar surface area (TPSA) is 116 Å². The van der Waals surface area contributed by atoms with Crippen LogP contribution >= 0.6 is 0 Å². The largest absolute Gasteiger partial charge is 0.492 e. The first-order chi connectivity index (χ1) is 10.4. The summed E-state index contributed by atoms with van der Waals surface area (Å²) in [4.78, 5) is 34.3. The van der Waals surface area contributed by atoms with E-state index >= 15 is 0 Å². The number of amides is 1. The highest BCUT2D eigenvalue weighted by atomic mass is 16.5. The van der Waals surface area contributed by atoms with Gasteiger partial charge in [-0.3, -0.25) is 19.3 Å². The molecule has 8 nitrogen and oxygen atoms in total. The summed E-state index contributed by atoms with van der Waals surface area (Å²) in [5, 5.41) is 20.0. The van der Waals surface area contributed by atoms with E-state index in [-0.39, 0.29) is 6.54 Å². The number of aliphatic carboxylic acids is 2. The Balaban J connectivity index is 2.70. The molecule has 0 aliphatic heterocycles. The van der Waals surface area contributed by atoms with Crippen LogP contribution in [0, 0.1) is 0 Å². The van der Waals surface area contributed by atoms with Gasteiger partial charge in [-0.1, -0.05) is 12.1 Å². The summed E-state index contributed by atoms with van der Waals surface area (Å²) in [6.45, 7) is 0.815. The van der Waals surface area contributed by atoms with E-state index in [1.165, 1.54) is 0 Å². The van der Waals surface area contributed by atoms with E-state index < -0.39 is 30.9 Å². The van der Waals surface area contributed by atoms with Crippen molar-refractivity contribution in [1.82, 2.24) is 4.90 Å². The SMILES string of the molecule is CCOc1ccccc1NC(=O)CN(CC(=O)O)CC(=O)O. The number of ether oxygens (including phenoxy) is 1. The fraction of sp³-hybridized carbons (Fsp3) is 0.357. The molecule has 0 unspecified atom stereocenters. The maximum Gasteiger partial charge on any atom is 0.317 e. The standard InChI is InChI=1S/C14H18N2O6/c1-2-22-11-6-4-3-5-10(11)15-12(17)7-16(8-13(18)19)9-14(20)21/h3-6H,2,7-9H2,1H3,(H,15,17)(H,18,19)(H,20,21). The summed E-state index contributed by atoms with van der Waals surface area (Å²) in [6.07, 6.45) is 0. The molecular weight excluding hydrogens is 292 g/mol. The van der Waals surface area contributed by atoms with Crippen molar-refractivity contribution >= 4 is 23.5 Å². The lowest BCUT2D eigenvalue weighted by atomic mass is 10.3. The van der Waals surface area contributed by atoms with Crippen molar-refractivity contribution in [2.45, 2.75) is 6.92 Å². The van der Waals surface area contributed by atoms with E-state index in [0.29, 0.717) is 18.0 Å². The number of hydrogen-bond donors (Lipinski definition) is 3. The zero-order valence-electron chi connectivity index (χ0n) is 12.1. The van der Waals surface area contributed by atoms with Crippen molar-refractivity contribution in [3.8, 4) is 5.75 Å². The maximum atomic E-state index is 11.9. The summed E-state index contributed by atoms with van der Waals surface area (Å²) in [5.41, 5.74) is 0.444. The first kappa shape index (κ1) is 17.4. The number of anilines is 1. The quantitative estimate of drug-likeness (QED) is 0.608. The van der Waals surface area contributed by atoms with Gasteiger partial charge in [-0.15, -0.1) is 0 Å². The highest BCUT2D eigenvalue weighted by Crippen LogP contribution is 2.23. The predicted molar refractivity (Wildman–Crippen MR) is 78.0 cm³/mol. The zero-order chi connectivity index (χ0) is 16.5. The summed E-state index contributed by atoms with van der Waals surface area (Å²) in [7, 11) is 0. The Morgan fingerprint density at radius 3 is 2.23 bits per heavy atom. The molecule has 1 aromatic rings. The Kier molecular flexibility index (Phi) is 6.84. The molecule has 0 heterocycles. The molecule has 3 N–H and O–H groups in total. The number of benzene rings is 1. The Bertz CT molecular complexity index is 530. The average Bonchev–Trinajstić information content (AvgIpc) is 2.39. The lowest BCUT2D eigenvalue weighted by Crippen LogP contribution is -2.40. The van der Waals surface area contributed by atoms with Gasteiger partial charge < -0.3 is 20.3 Å². The number of carbonyl (C=O) groups excluding carboxylic acids is 1. The van der Waals surface area contributed by atoms with Crippen molar-refractivity contribution in [2.24, 2.45) is 0 Å². The Morgan fingerprint density at radius 2 is 1.68 bits per heavy atom. The number of carboxylic acid groups (broad SMARTS) is 2. The first-order valence-corrected chi connectivity index (χ1v) is 6.60. The van der Waals surface area contributed by atoms with Crippen LogP contribution in [0.2, 0.25) is 0 Å². The van der Waals surface area contributed by atoms with Gasteiger partial charge in [-0.2, -0.15) is 0 Å². The number of carbonyl (C=O) groups is 3. The van der Waals surface area contributed by atoms with Crippen LogP contribution in [0.25, 0.3) is 0 Å². The number of nitrogens with zero attached hydrogens (tertiary/aromatic N) is 1. The van der Waals surface area contributed by atoms with Gasteiger partial charge in [0.2, 0.25) is 5.91 Å². The molecule has 0 fully saturated rings. The lowest BCUT2D eigenvalue weighted by Gasteiger charge is -2.18. The van der Waals surface area contributed by atoms with Crippen LogP contribution in [-0.4, -0.2) is 59.2 Å². The molecule has 0 radical (unpaired) electrons. The van der Waals surface area contributed by atoms with Crippen molar-refractivity contribution in [2.75, 3.05) is 31.6 Å². The van der Waals surface area contributed by atoms with Crippen LogP contribution in [0.15, 0.2) is 24.3 Å². The van der Waals surface area contributed by atoms with Crippen LogP contribution in [0.4, 0.5) is 5.69 Å². The molecule has 8 heteroatoms. The monoisotopic (exact) mass is 310 g/mol. The van der Waals surface area contributed by atoms with Gasteiger partial charge in [0.15, 0.2) is 0 Å². The second-order valence-electron chi connectivity index (χ2n) is 4.41. The third-order valence-electron chi connectivity index (χ3n) is 2.55. The zero-order valence-corrected chi connectivity index (χ0v) is 12.1. The molecule has 120 valence electrons. The van der Waals surface area contributed by atoms with Crippen LogP contribution in [0.5, 0.6) is 5.75 Å². The van der Waals surface area contributed by atoms with E-state index in [4.69, 9.17) is 14.9 Å². The van der Waals surface area contributed by atoms with Crippen molar-refractivity contribution in [3.63, 3.8) is 0 Å². The van der Waals surface area contributed by atoms with Crippen molar-refractivity contribution < 1.29 is 29.3 Å². The number of carboxylic acids is 2.